The van der Waals surface area contributed by atoms with Crippen molar-refractivity contribution in [3.8, 4) is 5.88 Å². The molecule has 17 heavy (non-hydrogen) atoms. The number of rotatable bonds is 2. The standard InChI is InChI=1S/C13H19FN2O/c1-13(2)7-9(15)6-10(8-13)17-12-11(14)4-3-5-16-12/h3-5,9-10H,6-8,15H2,1-2H3. The summed E-state index contributed by atoms with van der Waals surface area (Å²) in [7, 11) is 0. The number of halogens is 1. The van der Waals surface area contributed by atoms with Gasteiger partial charge >= 0.3 is 0 Å². The Bertz CT molecular complexity index is 395. The number of nitrogens with zero attached hydrogens (tertiary/aromatic N) is 1. The Labute approximate surface area is 101 Å². The van der Waals surface area contributed by atoms with Crippen LogP contribution in [0.25, 0.3) is 0 Å². The van der Waals surface area contributed by atoms with Gasteiger partial charge in [0, 0.05) is 12.2 Å². The van der Waals surface area contributed by atoms with Crippen molar-refractivity contribution in [1.29, 1.82) is 0 Å². The molecule has 1 aliphatic carbocycles. The summed E-state index contributed by atoms with van der Waals surface area (Å²) in [5.41, 5.74) is 6.14. The zero-order valence-corrected chi connectivity index (χ0v) is 10.3. The number of hydrogen-bond acceptors (Lipinski definition) is 3. The summed E-state index contributed by atoms with van der Waals surface area (Å²) in [6.45, 7) is 4.33. The highest BCUT2D eigenvalue weighted by Crippen LogP contribution is 2.36. The molecule has 2 atom stereocenters. The number of ether oxygens (including phenoxy) is 1. The van der Waals surface area contributed by atoms with Crippen molar-refractivity contribution in [3.05, 3.63) is 24.1 Å². The van der Waals surface area contributed by atoms with E-state index in [1.54, 1.807) is 6.07 Å². The van der Waals surface area contributed by atoms with Gasteiger partial charge in [-0.1, -0.05) is 13.8 Å². The fraction of sp³-hybridized carbons (Fsp3) is 0.615. The zero-order chi connectivity index (χ0) is 12.5. The molecule has 1 fully saturated rings. The van der Waals surface area contributed by atoms with Crippen LogP contribution < -0.4 is 10.5 Å². The lowest BCUT2D eigenvalue weighted by Gasteiger charge is -2.38. The van der Waals surface area contributed by atoms with Gasteiger partial charge in [0.15, 0.2) is 5.82 Å². The summed E-state index contributed by atoms with van der Waals surface area (Å²) in [5.74, 6) is -0.327. The normalized spacial score (nSPS) is 27.8. The lowest BCUT2D eigenvalue weighted by Crippen LogP contribution is -2.41. The minimum Gasteiger partial charge on any atom is -0.472 e. The molecule has 3 nitrogen and oxygen atoms in total. The molecular formula is C13H19FN2O. The average Bonchev–Trinajstić information content (AvgIpc) is 2.18. The van der Waals surface area contributed by atoms with Crippen molar-refractivity contribution in [3.63, 3.8) is 0 Å². The first-order valence-corrected chi connectivity index (χ1v) is 5.99. The quantitative estimate of drug-likeness (QED) is 0.861. The van der Waals surface area contributed by atoms with Crippen LogP contribution in [-0.2, 0) is 0 Å². The Kier molecular flexibility index (Phi) is 3.33. The second-order valence-corrected chi connectivity index (χ2v) is 5.60. The Morgan fingerprint density at radius 1 is 1.47 bits per heavy atom. The van der Waals surface area contributed by atoms with Gasteiger partial charge in [-0.25, -0.2) is 9.37 Å². The van der Waals surface area contributed by atoms with E-state index in [1.807, 2.05) is 0 Å². The summed E-state index contributed by atoms with van der Waals surface area (Å²) >= 11 is 0. The van der Waals surface area contributed by atoms with E-state index in [0.29, 0.717) is 0 Å². The minimum absolute atomic E-state index is 0.0434. The monoisotopic (exact) mass is 238 g/mol. The maximum atomic E-state index is 13.4. The first-order valence-electron chi connectivity index (χ1n) is 5.99. The van der Waals surface area contributed by atoms with Gasteiger partial charge in [0.25, 0.3) is 5.88 Å². The maximum absolute atomic E-state index is 13.4. The molecule has 0 spiro atoms. The van der Waals surface area contributed by atoms with E-state index < -0.39 is 5.82 Å². The molecule has 4 heteroatoms. The van der Waals surface area contributed by atoms with Crippen molar-refractivity contribution >= 4 is 0 Å². The van der Waals surface area contributed by atoms with E-state index in [-0.39, 0.29) is 23.4 Å². The molecular weight excluding hydrogens is 219 g/mol. The maximum Gasteiger partial charge on any atom is 0.250 e. The molecule has 0 radical (unpaired) electrons. The Balaban J connectivity index is 2.06. The van der Waals surface area contributed by atoms with Crippen LogP contribution in [-0.4, -0.2) is 17.1 Å². The predicted octanol–water partition coefficient (Wildman–Crippen LogP) is 2.51. The number of aromatic nitrogens is 1. The lowest BCUT2D eigenvalue weighted by molar-refractivity contribution is 0.0668. The largest absolute Gasteiger partial charge is 0.472 e. The summed E-state index contributed by atoms with van der Waals surface area (Å²) < 4.78 is 19.0. The predicted molar refractivity (Wildman–Crippen MR) is 64.2 cm³/mol. The van der Waals surface area contributed by atoms with E-state index >= 15 is 0 Å². The zero-order valence-electron chi connectivity index (χ0n) is 10.3. The smallest absolute Gasteiger partial charge is 0.250 e. The van der Waals surface area contributed by atoms with Crippen molar-refractivity contribution in [2.45, 2.75) is 45.3 Å². The molecule has 0 bridgehead atoms. The van der Waals surface area contributed by atoms with Crippen LogP contribution in [0.5, 0.6) is 5.88 Å². The average molecular weight is 238 g/mol. The Hall–Kier alpha value is -1.16. The molecule has 0 amide bonds. The first-order chi connectivity index (χ1) is 7.96. The van der Waals surface area contributed by atoms with Gasteiger partial charge in [-0.3, -0.25) is 0 Å². The molecule has 1 heterocycles. The summed E-state index contributed by atoms with van der Waals surface area (Å²) in [6, 6.07) is 3.03. The molecule has 2 unspecified atom stereocenters. The number of hydrogen-bond donors (Lipinski definition) is 1. The highest BCUT2D eigenvalue weighted by Gasteiger charge is 2.34. The molecule has 0 saturated heterocycles. The van der Waals surface area contributed by atoms with E-state index in [9.17, 15) is 4.39 Å². The van der Waals surface area contributed by atoms with Crippen LogP contribution in [0.1, 0.15) is 33.1 Å². The Morgan fingerprint density at radius 3 is 2.88 bits per heavy atom. The van der Waals surface area contributed by atoms with E-state index in [1.165, 1.54) is 12.3 Å². The van der Waals surface area contributed by atoms with Crippen LogP contribution in [0, 0.1) is 11.2 Å². The molecule has 2 rings (SSSR count). The van der Waals surface area contributed by atoms with Gasteiger partial charge in [0.1, 0.15) is 6.10 Å². The molecule has 1 saturated carbocycles. The second kappa shape index (κ2) is 4.61. The molecule has 1 aromatic rings. The van der Waals surface area contributed by atoms with Crippen molar-refractivity contribution < 1.29 is 9.13 Å². The van der Waals surface area contributed by atoms with E-state index in [0.717, 1.165) is 19.3 Å². The SMILES string of the molecule is CC1(C)CC(N)CC(Oc2ncccc2F)C1. The summed E-state index contributed by atoms with van der Waals surface area (Å²) in [4.78, 5) is 3.91. The fourth-order valence-electron chi connectivity index (χ4n) is 2.62. The summed E-state index contributed by atoms with van der Waals surface area (Å²) in [5, 5.41) is 0. The third kappa shape index (κ3) is 3.16. The highest BCUT2D eigenvalue weighted by molar-refractivity contribution is 5.13. The van der Waals surface area contributed by atoms with Crippen LogP contribution in [0.15, 0.2) is 18.3 Å². The van der Waals surface area contributed by atoms with Crippen molar-refractivity contribution in [1.82, 2.24) is 4.98 Å². The Morgan fingerprint density at radius 2 is 2.24 bits per heavy atom. The molecule has 2 N–H and O–H groups in total. The number of nitrogens with two attached hydrogens (primary N) is 1. The van der Waals surface area contributed by atoms with Crippen molar-refractivity contribution in [2.24, 2.45) is 11.1 Å². The minimum atomic E-state index is -0.413. The highest BCUT2D eigenvalue weighted by atomic mass is 19.1. The van der Waals surface area contributed by atoms with Crippen LogP contribution >= 0.6 is 0 Å². The third-order valence-corrected chi connectivity index (χ3v) is 3.16. The molecule has 1 aliphatic rings. The topological polar surface area (TPSA) is 48.1 Å². The van der Waals surface area contributed by atoms with Gasteiger partial charge in [-0.15, -0.1) is 0 Å². The van der Waals surface area contributed by atoms with Crippen LogP contribution in [0.3, 0.4) is 0 Å². The van der Waals surface area contributed by atoms with Gasteiger partial charge in [-0.05, 0) is 36.8 Å². The second-order valence-electron chi connectivity index (χ2n) is 5.60. The van der Waals surface area contributed by atoms with E-state index in [4.69, 9.17) is 10.5 Å². The van der Waals surface area contributed by atoms with Crippen LogP contribution in [0.2, 0.25) is 0 Å². The van der Waals surface area contributed by atoms with Gasteiger partial charge in [-0.2, -0.15) is 0 Å². The summed E-state index contributed by atoms with van der Waals surface area (Å²) in [6.07, 6.45) is 4.12. The van der Waals surface area contributed by atoms with Gasteiger partial charge in [0.05, 0.1) is 0 Å². The van der Waals surface area contributed by atoms with Gasteiger partial charge in [0.2, 0.25) is 0 Å². The molecule has 0 aliphatic heterocycles. The number of pyridine rings is 1. The molecule has 1 aromatic heterocycles. The lowest BCUT2D eigenvalue weighted by atomic mass is 9.74. The first kappa shape index (κ1) is 12.3. The van der Waals surface area contributed by atoms with Gasteiger partial charge < -0.3 is 10.5 Å². The third-order valence-electron chi connectivity index (χ3n) is 3.16. The van der Waals surface area contributed by atoms with Crippen LogP contribution in [0.4, 0.5) is 4.39 Å². The van der Waals surface area contributed by atoms with E-state index in [2.05, 4.69) is 18.8 Å². The fourth-order valence-corrected chi connectivity index (χ4v) is 2.62. The van der Waals surface area contributed by atoms with Crippen molar-refractivity contribution in [2.75, 3.05) is 0 Å². The molecule has 0 aromatic carbocycles. The molecule has 94 valence electrons.